The van der Waals surface area contributed by atoms with Gasteiger partial charge in [0.15, 0.2) is 0 Å². The number of nitrogens with zero attached hydrogens (tertiary/aromatic N) is 3. The van der Waals surface area contributed by atoms with Crippen molar-refractivity contribution in [3.05, 3.63) is 159 Å². The molecule has 0 saturated heterocycles. The predicted molar refractivity (Wildman–Crippen MR) is 234 cm³/mol. The highest BCUT2D eigenvalue weighted by Gasteiger charge is 2.25. The topological polar surface area (TPSA) is 351 Å². The van der Waals surface area contributed by atoms with E-state index in [-0.39, 0.29) is 57.0 Å². The Morgan fingerprint density at radius 1 is 0.652 bits per heavy atom. The van der Waals surface area contributed by atoms with Crippen molar-refractivity contribution in [1.82, 2.24) is 30.7 Å². The van der Waals surface area contributed by atoms with Gasteiger partial charge in [-0.1, -0.05) is 12.1 Å². The van der Waals surface area contributed by atoms with Crippen molar-refractivity contribution in [2.24, 2.45) is 0 Å². The second kappa shape index (κ2) is 19.4. The zero-order valence-electron chi connectivity index (χ0n) is 33.9. The number of aromatic nitrogens is 5. The van der Waals surface area contributed by atoms with E-state index < -0.39 is 77.3 Å². The maximum absolute atomic E-state index is 13.6. The number of carbonyl (C=O) groups is 6. The van der Waals surface area contributed by atoms with Gasteiger partial charge in [0.2, 0.25) is 11.3 Å². The number of aromatic amines is 2. The smallest absolute Gasteiger partial charge is 0.339 e. The Balaban J connectivity index is 0.985. The molecule has 7 rings (SSSR count). The number of phenols is 2. The highest BCUT2D eigenvalue weighted by molar-refractivity contribution is 6.09. The van der Waals surface area contributed by atoms with Gasteiger partial charge in [0.25, 0.3) is 23.6 Å². The van der Waals surface area contributed by atoms with E-state index in [4.69, 9.17) is 0 Å². The van der Waals surface area contributed by atoms with E-state index >= 15 is 0 Å². The lowest BCUT2D eigenvalue weighted by atomic mass is 10.0. The van der Waals surface area contributed by atoms with E-state index in [0.717, 1.165) is 18.2 Å². The van der Waals surface area contributed by atoms with Gasteiger partial charge in [-0.3, -0.25) is 28.8 Å². The van der Waals surface area contributed by atoms with Gasteiger partial charge >= 0.3 is 5.97 Å². The summed E-state index contributed by atoms with van der Waals surface area (Å²) >= 11 is 0. The Morgan fingerprint density at radius 2 is 1.29 bits per heavy atom. The van der Waals surface area contributed by atoms with Gasteiger partial charge in [-0.15, -0.1) is 0 Å². The third kappa shape index (κ3) is 9.68. The average Bonchev–Trinajstić information content (AvgIpc) is 3.83. The Morgan fingerprint density at radius 3 is 1.92 bits per heavy atom. The average molecular weight is 897 g/mol. The first-order chi connectivity index (χ1) is 31.8. The second-order valence-electron chi connectivity index (χ2n) is 14.2. The number of nitrogens with one attached hydrogen (secondary N) is 7. The van der Waals surface area contributed by atoms with Gasteiger partial charge in [0.05, 0.1) is 53.9 Å². The first-order valence-electron chi connectivity index (χ1n) is 19.5. The maximum atomic E-state index is 13.6. The van der Waals surface area contributed by atoms with E-state index in [9.17, 15) is 59.1 Å². The number of H-pyrrole nitrogens is 2. The maximum Gasteiger partial charge on any atom is 0.339 e. The fraction of sp³-hybridized carbons (Fsp3) is 0.0909. The second-order valence-corrected chi connectivity index (χ2v) is 14.2. The third-order valence-electron chi connectivity index (χ3n) is 10.1. The summed E-state index contributed by atoms with van der Waals surface area (Å²) in [6.45, 7) is -1.68. The molecule has 0 bridgehead atoms. The number of pyridine rings is 2. The number of para-hydroxylation sites is 1. The standard InChI is InChI=1S/C44H36N10O12/c55-19-29-33(13-10-26(37(29)58)40(61)50-32-14-11-27(44(65)66)38(59)30(32)20-56)51-42(63)34-12-9-23(16-45-34)49-43(64)35(15-24-17-47-54-53-24)52-39(60)21-5-7-22(8-6-21)48-41(62)28-18-46-31-4-2-1-3-25(31)36(28)57/h1-14,16-18,35,55-56,58-59H,15,19-20H2,(H,46,57)(H,48,62)(H,49,64)(H,50,61)(H,51,63)(H,52,60)(H,65,66)(H,47,53,54)/t35-/m0/s1. The molecular formula is C44H36N10O12. The van der Waals surface area contributed by atoms with Crippen molar-refractivity contribution in [3.8, 4) is 11.5 Å². The van der Waals surface area contributed by atoms with Gasteiger partial charge in [0, 0.05) is 45.9 Å². The molecule has 4 aromatic carbocycles. The van der Waals surface area contributed by atoms with Gasteiger partial charge in [-0.2, -0.15) is 15.4 Å². The van der Waals surface area contributed by atoms with Crippen molar-refractivity contribution in [1.29, 1.82) is 0 Å². The minimum Gasteiger partial charge on any atom is -0.507 e. The van der Waals surface area contributed by atoms with Crippen LogP contribution < -0.4 is 32.0 Å². The van der Waals surface area contributed by atoms with Crippen molar-refractivity contribution in [2.45, 2.75) is 25.7 Å². The molecule has 66 heavy (non-hydrogen) atoms. The fourth-order valence-corrected chi connectivity index (χ4v) is 6.61. The highest BCUT2D eigenvalue weighted by atomic mass is 16.4. The molecule has 3 aromatic heterocycles. The SMILES string of the molecule is O=C(N[C@@H](Cc1cn[nH]n1)C(=O)Nc1ccc(C(=O)Nc2ccc(C(=O)Nc3ccc(C(=O)O)c(O)c3CO)c(O)c2CO)nc1)c1ccc(NC(=O)c2c[nH]c3ccccc3c2=O)cc1. The Kier molecular flexibility index (Phi) is 13.2. The number of hydrogen-bond acceptors (Lipinski definition) is 14. The largest absolute Gasteiger partial charge is 0.507 e. The number of benzene rings is 4. The molecule has 0 aliphatic carbocycles. The van der Waals surface area contributed by atoms with Gasteiger partial charge < -0.3 is 57.1 Å². The van der Waals surface area contributed by atoms with E-state index in [1.165, 1.54) is 61.1 Å². The van der Waals surface area contributed by atoms with Crippen LogP contribution in [0.2, 0.25) is 0 Å². The molecule has 334 valence electrons. The van der Waals surface area contributed by atoms with Crippen LogP contribution in [0.3, 0.4) is 0 Å². The molecule has 0 saturated carbocycles. The van der Waals surface area contributed by atoms with Crippen LogP contribution in [0.15, 0.2) is 108 Å². The number of carboxylic acids is 1. The molecular weight excluding hydrogens is 861 g/mol. The van der Waals surface area contributed by atoms with Crippen LogP contribution in [0.4, 0.5) is 22.7 Å². The molecule has 3 heterocycles. The molecule has 0 unspecified atom stereocenters. The molecule has 1 atom stereocenters. The number of carbonyl (C=O) groups excluding carboxylic acids is 5. The van der Waals surface area contributed by atoms with Crippen LogP contribution in [0.5, 0.6) is 11.5 Å². The third-order valence-corrected chi connectivity index (χ3v) is 10.1. The van der Waals surface area contributed by atoms with Crippen LogP contribution in [0.1, 0.15) is 68.7 Å². The van der Waals surface area contributed by atoms with Crippen LogP contribution in [0, 0.1) is 0 Å². The molecule has 7 aromatic rings. The number of anilines is 4. The summed E-state index contributed by atoms with van der Waals surface area (Å²) in [6.07, 6.45) is 3.76. The van der Waals surface area contributed by atoms with Crippen LogP contribution in [-0.2, 0) is 24.4 Å². The first-order valence-corrected chi connectivity index (χ1v) is 19.5. The molecule has 0 radical (unpaired) electrons. The van der Waals surface area contributed by atoms with Gasteiger partial charge in [-0.25, -0.2) is 9.78 Å². The summed E-state index contributed by atoms with van der Waals surface area (Å²) in [7, 11) is 0. The monoisotopic (exact) mass is 896 g/mol. The molecule has 0 spiro atoms. The number of carboxylic acid groups (broad SMARTS) is 1. The summed E-state index contributed by atoms with van der Waals surface area (Å²) in [5, 5.41) is 73.5. The zero-order chi connectivity index (χ0) is 47.1. The summed E-state index contributed by atoms with van der Waals surface area (Å²) in [4.78, 5) is 97.5. The minimum atomic E-state index is -1.47. The van der Waals surface area contributed by atoms with Crippen molar-refractivity contribution >= 4 is 69.2 Å². The predicted octanol–water partition coefficient (Wildman–Crippen LogP) is 2.87. The molecule has 12 N–H and O–H groups in total. The number of aliphatic hydroxyl groups is 2. The molecule has 22 heteroatoms. The van der Waals surface area contributed by atoms with Crippen LogP contribution >= 0.6 is 0 Å². The number of aromatic carboxylic acids is 1. The Labute approximate surface area is 370 Å². The summed E-state index contributed by atoms with van der Waals surface area (Å²) in [6, 6.07) is 18.4. The quantitative estimate of drug-likeness (QED) is 0.0704. The Bertz CT molecular complexity index is 3080. The number of aromatic hydroxyl groups is 2. The summed E-state index contributed by atoms with van der Waals surface area (Å²) < 4.78 is 0. The lowest BCUT2D eigenvalue weighted by Crippen LogP contribution is -2.45. The van der Waals surface area contributed by atoms with Gasteiger partial charge in [0.1, 0.15) is 34.4 Å². The Hall–Kier alpha value is -9.28. The van der Waals surface area contributed by atoms with E-state index in [0.29, 0.717) is 22.3 Å². The van der Waals surface area contributed by atoms with E-state index in [1.54, 1.807) is 24.3 Å². The minimum absolute atomic E-state index is 0.0932. The van der Waals surface area contributed by atoms with Crippen LogP contribution in [-0.4, -0.2) is 92.5 Å². The van der Waals surface area contributed by atoms with Crippen molar-refractivity contribution in [2.75, 3.05) is 21.3 Å². The zero-order valence-corrected chi connectivity index (χ0v) is 33.9. The highest BCUT2D eigenvalue weighted by Crippen LogP contribution is 2.33. The molecule has 0 aliphatic heterocycles. The lowest BCUT2D eigenvalue weighted by Gasteiger charge is -2.18. The van der Waals surface area contributed by atoms with Crippen LogP contribution in [0.25, 0.3) is 10.9 Å². The van der Waals surface area contributed by atoms with Gasteiger partial charge in [-0.05, 0) is 72.8 Å². The number of hydrogen-bond donors (Lipinski definition) is 12. The fourth-order valence-electron chi connectivity index (χ4n) is 6.61. The number of fused-ring (bicyclic) bond motifs is 1. The summed E-state index contributed by atoms with van der Waals surface area (Å²) in [5.74, 6) is -6.75. The molecule has 22 nitrogen and oxygen atoms in total. The van der Waals surface area contributed by atoms with E-state index in [2.05, 4.69) is 52.0 Å². The summed E-state index contributed by atoms with van der Waals surface area (Å²) in [5.41, 5.74) is -0.973. The first kappa shape index (κ1) is 44.8. The molecule has 0 fully saturated rings. The number of rotatable bonds is 15. The lowest BCUT2D eigenvalue weighted by molar-refractivity contribution is -0.118. The number of aliphatic hydroxyl groups excluding tert-OH is 2. The van der Waals surface area contributed by atoms with E-state index in [1.807, 2.05) is 0 Å². The van der Waals surface area contributed by atoms with Crippen molar-refractivity contribution < 1.29 is 54.3 Å². The normalized spacial score (nSPS) is 11.3. The van der Waals surface area contributed by atoms with Crippen molar-refractivity contribution in [3.63, 3.8) is 0 Å². The number of amides is 5. The molecule has 5 amide bonds. The molecule has 0 aliphatic rings.